The minimum Gasteiger partial charge on any atom is -0.451 e. The minimum atomic E-state index is -0.106. The number of carbonyl (C=O) groups excluding carboxylic acids is 1. The Balaban J connectivity index is 1.39. The third kappa shape index (κ3) is 4.41. The molecule has 1 N–H and O–H groups in total. The molecule has 0 spiro atoms. The summed E-state index contributed by atoms with van der Waals surface area (Å²) >= 11 is 0. The highest BCUT2D eigenvalue weighted by atomic mass is 16.3. The largest absolute Gasteiger partial charge is 0.451 e. The number of unbranched alkanes of at least 4 members (excludes halogenated alkanes) is 1. The van der Waals surface area contributed by atoms with Crippen molar-refractivity contribution in [3.05, 3.63) is 35.6 Å². The number of carbonyl (C=O) groups is 1. The van der Waals surface area contributed by atoms with Crippen LogP contribution in [0.15, 0.2) is 28.7 Å². The van der Waals surface area contributed by atoms with E-state index in [9.17, 15) is 4.79 Å². The number of benzene rings is 1. The highest BCUT2D eigenvalue weighted by molar-refractivity contribution is 5.98. The third-order valence-corrected chi connectivity index (χ3v) is 5.15. The highest BCUT2D eigenvalue weighted by Gasteiger charge is 2.17. The first-order valence-corrected chi connectivity index (χ1v) is 9.40. The predicted molar refractivity (Wildman–Crippen MR) is 101 cm³/mol. The molecule has 1 aliphatic rings. The number of nitrogens with one attached hydrogen (secondary N) is 1. The van der Waals surface area contributed by atoms with Crippen molar-refractivity contribution < 1.29 is 9.21 Å². The Kier molecular flexibility index (Phi) is 6.10. The quantitative estimate of drug-likeness (QED) is 0.786. The second-order valence-corrected chi connectivity index (χ2v) is 6.79. The van der Waals surface area contributed by atoms with E-state index < -0.39 is 0 Å². The Labute approximate surface area is 150 Å². The second kappa shape index (κ2) is 8.50. The number of piperazine rings is 1. The molecule has 1 amide bonds. The zero-order valence-corrected chi connectivity index (χ0v) is 15.4. The van der Waals surface area contributed by atoms with Crippen LogP contribution in [-0.2, 0) is 0 Å². The van der Waals surface area contributed by atoms with E-state index in [0.29, 0.717) is 12.3 Å². The Hall–Kier alpha value is -1.85. The van der Waals surface area contributed by atoms with Gasteiger partial charge in [-0.2, -0.15) is 0 Å². The molecule has 2 aromatic rings. The van der Waals surface area contributed by atoms with Gasteiger partial charge >= 0.3 is 0 Å². The molecule has 0 radical (unpaired) electrons. The van der Waals surface area contributed by atoms with Crippen LogP contribution in [0.2, 0.25) is 0 Å². The lowest BCUT2D eigenvalue weighted by Gasteiger charge is -2.33. The van der Waals surface area contributed by atoms with Gasteiger partial charge in [-0.05, 0) is 38.9 Å². The molecular formula is C20H29N3O2. The van der Waals surface area contributed by atoms with Crippen molar-refractivity contribution in [2.45, 2.75) is 26.7 Å². The molecule has 3 rings (SSSR count). The van der Waals surface area contributed by atoms with Crippen LogP contribution in [0.4, 0.5) is 0 Å². The maximum Gasteiger partial charge on any atom is 0.287 e. The number of aryl methyl sites for hydroxylation is 1. The van der Waals surface area contributed by atoms with Crippen LogP contribution < -0.4 is 5.32 Å². The van der Waals surface area contributed by atoms with E-state index in [-0.39, 0.29) is 5.91 Å². The SMILES string of the molecule is CCN1CCN(CCCCNC(=O)c2oc3ccccc3c2C)CC1. The summed E-state index contributed by atoms with van der Waals surface area (Å²) in [4.78, 5) is 17.4. The first kappa shape index (κ1) is 18.0. The summed E-state index contributed by atoms with van der Waals surface area (Å²) in [7, 11) is 0. The van der Waals surface area contributed by atoms with Gasteiger partial charge in [0.2, 0.25) is 0 Å². The zero-order valence-electron chi connectivity index (χ0n) is 15.4. The van der Waals surface area contributed by atoms with Crippen molar-refractivity contribution in [1.82, 2.24) is 15.1 Å². The lowest BCUT2D eigenvalue weighted by Crippen LogP contribution is -2.46. The first-order chi connectivity index (χ1) is 12.2. The van der Waals surface area contributed by atoms with E-state index in [1.54, 1.807) is 0 Å². The van der Waals surface area contributed by atoms with E-state index >= 15 is 0 Å². The number of hydrogen-bond acceptors (Lipinski definition) is 4. The Morgan fingerprint density at radius 1 is 1.12 bits per heavy atom. The molecule has 1 aliphatic heterocycles. The maximum atomic E-state index is 12.3. The van der Waals surface area contributed by atoms with E-state index in [1.807, 2.05) is 31.2 Å². The molecule has 5 heteroatoms. The van der Waals surface area contributed by atoms with Gasteiger partial charge in [0.05, 0.1) is 0 Å². The molecule has 1 saturated heterocycles. The lowest BCUT2D eigenvalue weighted by atomic mass is 10.1. The number of likely N-dealkylation sites (N-methyl/N-ethyl adjacent to an activating group) is 1. The van der Waals surface area contributed by atoms with E-state index in [2.05, 4.69) is 22.0 Å². The Bertz CT molecular complexity index is 702. The van der Waals surface area contributed by atoms with Gasteiger partial charge in [-0.1, -0.05) is 25.1 Å². The molecule has 5 nitrogen and oxygen atoms in total. The van der Waals surface area contributed by atoms with Crippen LogP contribution >= 0.6 is 0 Å². The smallest absolute Gasteiger partial charge is 0.287 e. The van der Waals surface area contributed by atoms with Crippen molar-refractivity contribution in [3.8, 4) is 0 Å². The van der Waals surface area contributed by atoms with Crippen molar-refractivity contribution in [2.75, 3.05) is 45.8 Å². The summed E-state index contributed by atoms with van der Waals surface area (Å²) in [6, 6.07) is 7.78. The highest BCUT2D eigenvalue weighted by Crippen LogP contribution is 2.24. The van der Waals surface area contributed by atoms with Crippen LogP contribution in [0.5, 0.6) is 0 Å². The standard InChI is InChI=1S/C20H29N3O2/c1-3-22-12-14-23(15-13-22)11-7-6-10-21-20(24)19-16(2)17-8-4-5-9-18(17)25-19/h4-5,8-9H,3,6-7,10-15H2,1-2H3,(H,21,24). The fourth-order valence-electron chi connectivity index (χ4n) is 3.46. The van der Waals surface area contributed by atoms with Crippen LogP contribution in [0.3, 0.4) is 0 Å². The molecule has 0 bridgehead atoms. The van der Waals surface area contributed by atoms with Gasteiger partial charge in [0.1, 0.15) is 5.58 Å². The summed E-state index contributed by atoms with van der Waals surface area (Å²) in [5, 5.41) is 4.01. The molecule has 1 aromatic heterocycles. The number of furan rings is 1. The summed E-state index contributed by atoms with van der Waals surface area (Å²) in [6.07, 6.45) is 2.12. The Morgan fingerprint density at radius 2 is 1.84 bits per heavy atom. The topological polar surface area (TPSA) is 48.7 Å². The van der Waals surface area contributed by atoms with Crippen LogP contribution in [0.25, 0.3) is 11.0 Å². The van der Waals surface area contributed by atoms with Gasteiger partial charge in [0, 0.05) is 43.7 Å². The predicted octanol–water partition coefficient (Wildman–Crippen LogP) is 2.89. The monoisotopic (exact) mass is 343 g/mol. The van der Waals surface area contributed by atoms with Crippen molar-refractivity contribution in [1.29, 1.82) is 0 Å². The second-order valence-electron chi connectivity index (χ2n) is 6.79. The molecule has 1 aromatic carbocycles. The van der Waals surface area contributed by atoms with E-state index in [4.69, 9.17) is 4.42 Å². The summed E-state index contributed by atoms with van der Waals surface area (Å²) in [5.74, 6) is 0.335. The first-order valence-electron chi connectivity index (χ1n) is 9.40. The summed E-state index contributed by atoms with van der Waals surface area (Å²) in [5.41, 5.74) is 1.69. The van der Waals surface area contributed by atoms with Gasteiger partial charge in [0.15, 0.2) is 5.76 Å². The number of hydrogen-bond donors (Lipinski definition) is 1. The normalized spacial score (nSPS) is 16.4. The number of fused-ring (bicyclic) bond motifs is 1. The molecule has 1 fully saturated rings. The number of nitrogens with zero attached hydrogens (tertiary/aromatic N) is 2. The molecule has 2 heterocycles. The number of rotatable bonds is 7. The fourth-order valence-corrected chi connectivity index (χ4v) is 3.46. The van der Waals surface area contributed by atoms with Gasteiger partial charge in [-0.3, -0.25) is 4.79 Å². The van der Waals surface area contributed by atoms with Gasteiger partial charge in [-0.15, -0.1) is 0 Å². The maximum absolute atomic E-state index is 12.3. The van der Waals surface area contributed by atoms with E-state index in [0.717, 1.165) is 42.5 Å². The molecule has 0 saturated carbocycles. The molecule has 0 aliphatic carbocycles. The van der Waals surface area contributed by atoms with Gasteiger partial charge < -0.3 is 19.5 Å². The number of para-hydroxylation sites is 1. The Morgan fingerprint density at radius 3 is 2.56 bits per heavy atom. The van der Waals surface area contributed by atoms with Gasteiger partial charge in [0.25, 0.3) is 5.91 Å². The molecular weight excluding hydrogens is 314 g/mol. The summed E-state index contributed by atoms with van der Waals surface area (Å²) in [6.45, 7) is 11.8. The molecule has 136 valence electrons. The van der Waals surface area contributed by atoms with Crippen LogP contribution in [0.1, 0.15) is 35.9 Å². The average Bonchev–Trinajstić information content (AvgIpc) is 2.99. The van der Waals surface area contributed by atoms with Crippen molar-refractivity contribution in [2.24, 2.45) is 0 Å². The molecule has 0 unspecified atom stereocenters. The van der Waals surface area contributed by atoms with Crippen molar-refractivity contribution >= 4 is 16.9 Å². The average molecular weight is 343 g/mol. The zero-order chi connectivity index (χ0) is 17.6. The van der Waals surface area contributed by atoms with E-state index in [1.165, 1.54) is 26.2 Å². The molecule has 25 heavy (non-hydrogen) atoms. The fraction of sp³-hybridized carbons (Fsp3) is 0.550. The van der Waals surface area contributed by atoms with Crippen molar-refractivity contribution in [3.63, 3.8) is 0 Å². The minimum absolute atomic E-state index is 0.106. The summed E-state index contributed by atoms with van der Waals surface area (Å²) < 4.78 is 5.71. The lowest BCUT2D eigenvalue weighted by molar-refractivity contribution is 0.0925. The third-order valence-electron chi connectivity index (χ3n) is 5.15. The number of amides is 1. The van der Waals surface area contributed by atoms with Gasteiger partial charge in [-0.25, -0.2) is 0 Å². The van der Waals surface area contributed by atoms with Crippen LogP contribution in [0, 0.1) is 6.92 Å². The molecule has 0 atom stereocenters. The van der Waals surface area contributed by atoms with Crippen LogP contribution in [-0.4, -0.2) is 61.5 Å².